The summed E-state index contributed by atoms with van der Waals surface area (Å²) in [5.74, 6) is -1.68. The van der Waals surface area contributed by atoms with Crippen molar-refractivity contribution >= 4 is 17.8 Å². The van der Waals surface area contributed by atoms with Gasteiger partial charge in [-0.15, -0.1) is 0 Å². The van der Waals surface area contributed by atoms with E-state index < -0.39 is 17.8 Å². The zero-order chi connectivity index (χ0) is 15.9. The maximum absolute atomic E-state index is 12.1. The molecule has 110 valence electrons. The Morgan fingerprint density at radius 3 is 2.23 bits per heavy atom. The minimum Gasteiger partial charge on any atom is -0.324 e. The molecule has 1 aliphatic heterocycles. The number of amides is 2. The Kier molecular flexibility index (Phi) is 3.17. The van der Waals surface area contributed by atoms with Crippen LogP contribution in [0, 0.1) is 13.8 Å². The highest BCUT2D eigenvalue weighted by Crippen LogP contribution is 2.23. The molecular weight excluding hydrogens is 286 g/mol. The van der Waals surface area contributed by atoms with E-state index in [0.717, 1.165) is 0 Å². The highest BCUT2D eigenvalue weighted by Gasteiger charge is 2.39. The molecule has 1 aromatic carbocycles. The van der Waals surface area contributed by atoms with E-state index in [2.05, 4.69) is 9.97 Å². The van der Waals surface area contributed by atoms with Crippen LogP contribution in [0.15, 0.2) is 30.5 Å². The van der Waals surface area contributed by atoms with Crippen molar-refractivity contribution in [1.29, 1.82) is 0 Å². The Labute approximate surface area is 125 Å². The smallest absolute Gasteiger partial charge is 0.324 e. The number of rotatable bonds is 2. The lowest BCUT2D eigenvalue weighted by molar-refractivity contribution is -0.0585. The van der Waals surface area contributed by atoms with Crippen LogP contribution in [0.5, 0.6) is 0 Å². The fourth-order valence-corrected chi connectivity index (χ4v) is 2.17. The van der Waals surface area contributed by atoms with Crippen molar-refractivity contribution in [3.8, 4) is 0 Å². The minimum atomic E-state index is -0.855. The molecule has 1 aromatic heterocycles. The van der Waals surface area contributed by atoms with E-state index in [-0.39, 0.29) is 16.7 Å². The van der Waals surface area contributed by atoms with Crippen molar-refractivity contribution in [3.05, 3.63) is 58.7 Å². The van der Waals surface area contributed by atoms with Gasteiger partial charge in [-0.3, -0.25) is 9.59 Å². The average Bonchev–Trinajstić information content (AvgIpc) is 2.73. The fourth-order valence-electron chi connectivity index (χ4n) is 2.17. The number of aryl methyl sites for hydroxylation is 2. The maximum Gasteiger partial charge on any atom is 0.367 e. The van der Waals surface area contributed by atoms with Gasteiger partial charge in [0.05, 0.1) is 16.8 Å². The van der Waals surface area contributed by atoms with Gasteiger partial charge in [-0.2, -0.15) is 0 Å². The molecule has 2 heterocycles. The monoisotopic (exact) mass is 297 g/mol. The zero-order valence-corrected chi connectivity index (χ0v) is 11.9. The molecule has 0 atom stereocenters. The van der Waals surface area contributed by atoms with E-state index in [1.807, 2.05) is 0 Å². The van der Waals surface area contributed by atoms with Crippen LogP contribution in [0.1, 0.15) is 42.6 Å². The number of fused-ring (bicyclic) bond motifs is 1. The number of hydrogen-bond donors (Lipinski definition) is 0. The van der Waals surface area contributed by atoms with Gasteiger partial charge in [-0.1, -0.05) is 17.2 Å². The van der Waals surface area contributed by atoms with Crippen LogP contribution >= 0.6 is 0 Å². The number of carbonyl (C=O) groups excluding carboxylic acids is 3. The Hall–Kier alpha value is -3.09. The lowest BCUT2D eigenvalue weighted by Gasteiger charge is -2.13. The Bertz CT molecular complexity index is 781. The van der Waals surface area contributed by atoms with Gasteiger partial charge in [-0.25, -0.2) is 14.8 Å². The number of aromatic nitrogens is 2. The molecular formula is C15H11N3O4. The summed E-state index contributed by atoms with van der Waals surface area (Å²) in [4.78, 5) is 49.2. The summed E-state index contributed by atoms with van der Waals surface area (Å²) in [6.45, 7) is 3.31. The third kappa shape index (κ3) is 2.12. The lowest BCUT2D eigenvalue weighted by atomic mass is 10.1. The second kappa shape index (κ2) is 5.03. The Morgan fingerprint density at radius 1 is 1.09 bits per heavy atom. The third-order valence-electron chi connectivity index (χ3n) is 3.25. The summed E-state index contributed by atoms with van der Waals surface area (Å²) in [6, 6.07) is 6.27. The normalized spacial score (nSPS) is 13.3. The highest BCUT2D eigenvalue weighted by atomic mass is 16.7. The molecule has 0 spiro atoms. The molecule has 0 unspecified atom stereocenters. The van der Waals surface area contributed by atoms with Crippen molar-refractivity contribution in [2.75, 3.05) is 0 Å². The Morgan fingerprint density at radius 2 is 1.68 bits per heavy atom. The van der Waals surface area contributed by atoms with Crippen molar-refractivity contribution in [2.45, 2.75) is 13.8 Å². The molecule has 0 N–H and O–H groups in total. The maximum atomic E-state index is 12.1. The average molecular weight is 297 g/mol. The van der Waals surface area contributed by atoms with Crippen LogP contribution in [-0.4, -0.2) is 32.8 Å². The fraction of sp³-hybridized carbons (Fsp3) is 0.133. The van der Waals surface area contributed by atoms with Crippen LogP contribution in [0.3, 0.4) is 0 Å². The predicted molar refractivity (Wildman–Crippen MR) is 73.9 cm³/mol. The quantitative estimate of drug-likeness (QED) is 0.780. The van der Waals surface area contributed by atoms with Crippen molar-refractivity contribution in [2.24, 2.45) is 0 Å². The van der Waals surface area contributed by atoms with E-state index >= 15 is 0 Å². The topological polar surface area (TPSA) is 89.5 Å². The number of nitrogens with zero attached hydrogens (tertiary/aromatic N) is 3. The van der Waals surface area contributed by atoms with Crippen LogP contribution in [0.25, 0.3) is 0 Å². The summed E-state index contributed by atoms with van der Waals surface area (Å²) >= 11 is 0. The number of benzene rings is 1. The summed E-state index contributed by atoms with van der Waals surface area (Å²) in [5, 5.41) is 0.465. The number of imide groups is 1. The molecule has 0 saturated heterocycles. The van der Waals surface area contributed by atoms with Gasteiger partial charge in [-0.05, 0) is 26.0 Å². The zero-order valence-electron chi connectivity index (χ0n) is 11.9. The second-order valence-corrected chi connectivity index (χ2v) is 4.75. The largest absolute Gasteiger partial charge is 0.367 e. The molecule has 0 saturated carbocycles. The summed E-state index contributed by atoms with van der Waals surface area (Å²) < 4.78 is 0. The third-order valence-corrected chi connectivity index (χ3v) is 3.25. The van der Waals surface area contributed by atoms with Gasteiger partial charge in [0.1, 0.15) is 11.4 Å². The van der Waals surface area contributed by atoms with E-state index in [1.165, 1.54) is 18.3 Å². The first kappa shape index (κ1) is 13.9. The number of carbonyl (C=O) groups is 3. The molecule has 3 rings (SSSR count). The SMILES string of the molecule is Cc1ncc(C(=O)ON2C(=O)c3ccccc3C2=O)c(C)n1. The first-order valence-corrected chi connectivity index (χ1v) is 6.49. The highest BCUT2D eigenvalue weighted by molar-refractivity contribution is 6.21. The molecule has 0 radical (unpaired) electrons. The summed E-state index contributed by atoms with van der Waals surface area (Å²) in [5.41, 5.74) is 0.922. The van der Waals surface area contributed by atoms with Gasteiger partial charge in [0.15, 0.2) is 0 Å². The molecule has 7 nitrogen and oxygen atoms in total. The minimum absolute atomic E-state index is 0.0992. The molecule has 0 fully saturated rings. The molecule has 1 aliphatic rings. The number of hydrogen-bond acceptors (Lipinski definition) is 6. The summed E-state index contributed by atoms with van der Waals surface area (Å²) in [6.07, 6.45) is 1.30. The Balaban J connectivity index is 1.87. The predicted octanol–water partition coefficient (Wildman–Crippen LogP) is 1.46. The van der Waals surface area contributed by atoms with Crippen molar-refractivity contribution in [3.63, 3.8) is 0 Å². The van der Waals surface area contributed by atoms with Gasteiger partial charge >= 0.3 is 5.97 Å². The van der Waals surface area contributed by atoms with Crippen LogP contribution in [-0.2, 0) is 4.84 Å². The second-order valence-electron chi connectivity index (χ2n) is 4.75. The molecule has 0 aliphatic carbocycles. The number of hydroxylamine groups is 2. The molecule has 7 heteroatoms. The van der Waals surface area contributed by atoms with E-state index in [0.29, 0.717) is 16.6 Å². The van der Waals surface area contributed by atoms with E-state index in [4.69, 9.17) is 4.84 Å². The first-order chi connectivity index (χ1) is 10.5. The van der Waals surface area contributed by atoms with Crippen LogP contribution < -0.4 is 0 Å². The van der Waals surface area contributed by atoms with E-state index in [9.17, 15) is 14.4 Å². The van der Waals surface area contributed by atoms with Crippen molar-refractivity contribution in [1.82, 2.24) is 15.0 Å². The van der Waals surface area contributed by atoms with Crippen LogP contribution in [0.4, 0.5) is 0 Å². The van der Waals surface area contributed by atoms with Crippen LogP contribution in [0.2, 0.25) is 0 Å². The standard InChI is InChI=1S/C15H11N3O4/c1-8-12(7-16-9(2)17-8)15(21)22-18-13(19)10-5-3-4-6-11(10)14(18)20/h3-7H,1-2H3. The molecule has 2 aromatic rings. The van der Waals surface area contributed by atoms with Gasteiger partial charge in [0.2, 0.25) is 0 Å². The van der Waals surface area contributed by atoms with Crippen molar-refractivity contribution < 1.29 is 19.2 Å². The molecule has 2 amide bonds. The molecule has 0 bridgehead atoms. The first-order valence-electron chi connectivity index (χ1n) is 6.49. The van der Waals surface area contributed by atoms with E-state index in [1.54, 1.807) is 26.0 Å². The molecule has 22 heavy (non-hydrogen) atoms. The van der Waals surface area contributed by atoms with Gasteiger partial charge < -0.3 is 4.84 Å². The van der Waals surface area contributed by atoms with Gasteiger partial charge in [0.25, 0.3) is 11.8 Å². The summed E-state index contributed by atoms with van der Waals surface area (Å²) in [7, 11) is 0. The van der Waals surface area contributed by atoms with Gasteiger partial charge in [0, 0.05) is 6.20 Å². The lowest BCUT2D eigenvalue weighted by Crippen LogP contribution is -2.33.